The minimum atomic E-state index is -0.659. The van der Waals surface area contributed by atoms with Crippen LogP contribution in [0.1, 0.15) is 32.6 Å². The van der Waals surface area contributed by atoms with E-state index in [-0.39, 0.29) is 5.78 Å². The number of hydrogen-bond donors (Lipinski definition) is 1. The Bertz CT molecular complexity index is 370. The van der Waals surface area contributed by atoms with Crippen molar-refractivity contribution in [3.05, 3.63) is 35.4 Å². The summed E-state index contributed by atoms with van der Waals surface area (Å²) in [7, 11) is 1.80. The smallest absolute Gasteiger partial charge is 0.157 e. The van der Waals surface area contributed by atoms with Crippen molar-refractivity contribution in [2.24, 2.45) is 0 Å². The van der Waals surface area contributed by atoms with E-state index >= 15 is 0 Å². The molecule has 1 fully saturated rings. The lowest BCUT2D eigenvalue weighted by Gasteiger charge is -2.37. The maximum Gasteiger partial charge on any atom is 0.157 e. The molecule has 0 aliphatic heterocycles. The number of carbonyl (C=O) groups excluding carboxylic acids is 1. The van der Waals surface area contributed by atoms with Gasteiger partial charge in [0.2, 0.25) is 0 Å². The van der Waals surface area contributed by atoms with Crippen LogP contribution in [-0.2, 0) is 4.79 Å². The summed E-state index contributed by atoms with van der Waals surface area (Å²) in [5.74, 6) is 0.197. The number of halogens is 1. The van der Waals surface area contributed by atoms with E-state index in [0.29, 0.717) is 17.0 Å². The lowest BCUT2D eigenvalue weighted by Crippen LogP contribution is -2.53. The molecule has 94 valence electrons. The van der Waals surface area contributed by atoms with E-state index in [2.05, 4.69) is 11.9 Å². The lowest BCUT2D eigenvalue weighted by atomic mass is 9.75. The SMILES string of the molecule is C=C(/C(Cl)=C\C=C/C)[C@]1(NC)CCCCC1=O. The molecule has 0 heterocycles. The van der Waals surface area contributed by atoms with Crippen molar-refractivity contribution in [3.8, 4) is 0 Å². The highest BCUT2D eigenvalue weighted by Gasteiger charge is 2.41. The van der Waals surface area contributed by atoms with Crippen LogP contribution in [0, 0.1) is 0 Å². The molecular formula is C14H20ClNO. The fourth-order valence-corrected chi connectivity index (χ4v) is 2.48. The van der Waals surface area contributed by atoms with Gasteiger partial charge in [-0.3, -0.25) is 4.79 Å². The minimum Gasteiger partial charge on any atom is -0.304 e. The third-order valence-electron chi connectivity index (χ3n) is 3.35. The van der Waals surface area contributed by atoms with Gasteiger partial charge in [-0.1, -0.05) is 36.8 Å². The van der Waals surface area contributed by atoms with E-state index in [4.69, 9.17) is 11.6 Å². The van der Waals surface area contributed by atoms with Gasteiger partial charge >= 0.3 is 0 Å². The first-order chi connectivity index (χ1) is 8.08. The van der Waals surface area contributed by atoms with Gasteiger partial charge in [-0.05, 0) is 38.5 Å². The van der Waals surface area contributed by atoms with Gasteiger partial charge in [0.1, 0.15) is 5.54 Å². The quantitative estimate of drug-likeness (QED) is 0.779. The molecule has 17 heavy (non-hydrogen) atoms. The van der Waals surface area contributed by atoms with Gasteiger partial charge in [0.15, 0.2) is 5.78 Å². The summed E-state index contributed by atoms with van der Waals surface area (Å²) < 4.78 is 0. The Morgan fingerprint density at radius 2 is 2.24 bits per heavy atom. The summed E-state index contributed by atoms with van der Waals surface area (Å²) in [6.45, 7) is 5.93. The van der Waals surface area contributed by atoms with Gasteiger partial charge in [-0.2, -0.15) is 0 Å². The van der Waals surface area contributed by atoms with Gasteiger partial charge in [0.05, 0.1) is 0 Å². The Hall–Kier alpha value is -0.860. The minimum absolute atomic E-state index is 0.197. The highest BCUT2D eigenvalue weighted by atomic mass is 35.5. The van der Waals surface area contributed by atoms with Crippen LogP contribution in [0.15, 0.2) is 35.4 Å². The molecule has 0 amide bonds. The first-order valence-electron chi connectivity index (χ1n) is 5.99. The molecule has 3 heteroatoms. The van der Waals surface area contributed by atoms with Crippen LogP contribution in [0.2, 0.25) is 0 Å². The third-order valence-corrected chi connectivity index (χ3v) is 3.70. The van der Waals surface area contributed by atoms with Gasteiger partial charge in [-0.25, -0.2) is 0 Å². The number of rotatable bonds is 4. The summed E-state index contributed by atoms with van der Waals surface area (Å²) in [6.07, 6.45) is 8.90. The van der Waals surface area contributed by atoms with Gasteiger partial charge < -0.3 is 5.32 Å². The Morgan fingerprint density at radius 1 is 1.53 bits per heavy atom. The zero-order chi connectivity index (χ0) is 12.9. The molecule has 0 aromatic heterocycles. The second-order valence-electron chi connectivity index (χ2n) is 4.30. The molecule has 1 saturated carbocycles. The molecule has 0 aromatic rings. The largest absolute Gasteiger partial charge is 0.304 e. The highest BCUT2D eigenvalue weighted by molar-refractivity contribution is 6.32. The molecule has 0 unspecified atom stereocenters. The number of hydrogen-bond acceptors (Lipinski definition) is 2. The summed E-state index contributed by atoms with van der Waals surface area (Å²) in [6, 6.07) is 0. The molecule has 0 bridgehead atoms. The Kier molecular flexibility index (Phi) is 5.16. The molecular weight excluding hydrogens is 234 g/mol. The van der Waals surface area contributed by atoms with E-state index in [9.17, 15) is 4.79 Å². The third kappa shape index (κ3) is 2.88. The van der Waals surface area contributed by atoms with Crippen molar-refractivity contribution < 1.29 is 4.79 Å². The fourth-order valence-electron chi connectivity index (χ4n) is 2.25. The molecule has 1 rings (SSSR count). The zero-order valence-corrected chi connectivity index (χ0v) is 11.3. The molecule has 0 radical (unpaired) electrons. The number of nitrogens with one attached hydrogen (secondary N) is 1. The molecule has 1 N–H and O–H groups in total. The van der Waals surface area contributed by atoms with E-state index < -0.39 is 5.54 Å². The molecule has 1 aliphatic carbocycles. The Labute approximate surface area is 108 Å². The number of ketones is 1. The second-order valence-corrected chi connectivity index (χ2v) is 4.71. The van der Waals surface area contributed by atoms with Crippen molar-refractivity contribution in [2.75, 3.05) is 7.05 Å². The maximum atomic E-state index is 12.1. The number of Topliss-reactive ketones (excluding diaryl/α,β-unsaturated/α-hetero) is 1. The summed E-state index contributed by atoms with van der Waals surface area (Å²) in [5.41, 5.74) is 0.0254. The van der Waals surface area contributed by atoms with E-state index in [1.165, 1.54) is 0 Å². The first kappa shape index (κ1) is 14.2. The van der Waals surface area contributed by atoms with Crippen LogP contribution >= 0.6 is 11.6 Å². The summed E-state index contributed by atoms with van der Waals surface area (Å²) in [5, 5.41) is 3.67. The van der Waals surface area contributed by atoms with E-state index in [1.54, 1.807) is 13.1 Å². The van der Waals surface area contributed by atoms with Crippen LogP contribution in [0.4, 0.5) is 0 Å². The Balaban J connectivity index is 3.00. The van der Waals surface area contributed by atoms with Crippen LogP contribution in [0.25, 0.3) is 0 Å². The van der Waals surface area contributed by atoms with Crippen LogP contribution in [-0.4, -0.2) is 18.4 Å². The normalized spacial score (nSPS) is 26.5. The zero-order valence-electron chi connectivity index (χ0n) is 10.6. The van der Waals surface area contributed by atoms with Gasteiger partial charge in [-0.15, -0.1) is 0 Å². The molecule has 1 aliphatic rings. The van der Waals surface area contributed by atoms with E-state index in [0.717, 1.165) is 19.3 Å². The number of allylic oxidation sites excluding steroid dienone is 3. The van der Waals surface area contributed by atoms with Crippen LogP contribution < -0.4 is 5.32 Å². The van der Waals surface area contributed by atoms with Crippen molar-refractivity contribution >= 4 is 17.4 Å². The van der Waals surface area contributed by atoms with Crippen molar-refractivity contribution in [1.82, 2.24) is 5.32 Å². The fraction of sp³-hybridized carbons (Fsp3) is 0.500. The predicted octanol–water partition coefficient (Wildman–Crippen LogP) is 3.34. The van der Waals surface area contributed by atoms with Crippen molar-refractivity contribution in [3.63, 3.8) is 0 Å². The number of likely N-dealkylation sites (N-methyl/N-ethyl adjacent to an activating group) is 1. The second kappa shape index (κ2) is 6.18. The van der Waals surface area contributed by atoms with Crippen molar-refractivity contribution in [2.45, 2.75) is 38.1 Å². The molecule has 2 nitrogen and oxygen atoms in total. The van der Waals surface area contributed by atoms with Gasteiger partial charge in [0.25, 0.3) is 0 Å². The molecule has 1 atom stereocenters. The van der Waals surface area contributed by atoms with E-state index in [1.807, 2.05) is 19.1 Å². The first-order valence-corrected chi connectivity index (χ1v) is 6.36. The summed E-state index contributed by atoms with van der Waals surface area (Å²) >= 11 is 6.20. The molecule has 0 spiro atoms. The lowest BCUT2D eigenvalue weighted by molar-refractivity contribution is -0.125. The average Bonchev–Trinajstić information content (AvgIpc) is 2.36. The standard InChI is InChI=1S/C14H20ClNO/c1-4-5-8-12(15)11(2)14(16-3)10-7-6-9-13(14)17/h4-5,8,16H,2,6-7,9-10H2,1,3H3/b5-4-,12-8+/t14-/m1/s1. The van der Waals surface area contributed by atoms with Crippen LogP contribution in [0.3, 0.4) is 0 Å². The van der Waals surface area contributed by atoms with Crippen molar-refractivity contribution in [1.29, 1.82) is 0 Å². The van der Waals surface area contributed by atoms with Crippen LogP contribution in [0.5, 0.6) is 0 Å². The maximum absolute atomic E-state index is 12.1. The molecule has 0 aromatic carbocycles. The topological polar surface area (TPSA) is 29.1 Å². The average molecular weight is 254 g/mol. The summed E-state index contributed by atoms with van der Waals surface area (Å²) in [4.78, 5) is 12.1. The predicted molar refractivity (Wildman–Crippen MR) is 73.2 cm³/mol. The monoisotopic (exact) mass is 253 g/mol. The van der Waals surface area contributed by atoms with Gasteiger partial charge in [0, 0.05) is 11.5 Å². The Morgan fingerprint density at radius 3 is 2.76 bits per heavy atom. The molecule has 0 saturated heterocycles. The highest BCUT2D eigenvalue weighted by Crippen LogP contribution is 2.35. The number of carbonyl (C=O) groups is 1.